The monoisotopic (exact) mass is 529 g/mol. The Labute approximate surface area is 211 Å². The molecule has 0 radical (unpaired) electrons. The second-order valence-corrected chi connectivity index (χ2v) is 10.3. The van der Waals surface area contributed by atoms with Gasteiger partial charge in [0.05, 0.1) is 11.1 Å². The summed E-state index contributed by atoms with van der Waals surface area (Å²) in [7, 11) is 0. The lowest BCUT2D eigenvalue weighted by molar-refractivity contribution is -0.143. The topological polar surface area (TPSA) is 46.6 Å². The highest BCUT2D eigenvalue weighted by molar-refractivity contribution is 5.97. The molecular formula is C27H29F6NO3. The number of piperidine rings is 1. The van der Waals surface area contributed by atoms with Crippen molar-refractivity contribution in [1.29, 1.82) is 0 Å². The Kier molecular flexibility index (Phi) is 8.00. The van der Waals surface area contributed by atoms with Crippen LogP contribution in [0.15, 0.2) is 48.5 Å². The highest BCUT2D eigenvalue weighted by Crippen LogP contribution is 2.42. The first-order chi connectivity index (χ1) is 17.0. The highest BCUT2D eigenvalue weighted by Gasteiger charge is 2.41. The van der Waals surface area contributed by atoms with E-state index in [9.17, 15) is 35.9 Å². The SMILES string of the molecule is CC(C)(C)OC(=O)N1CCC(CCC(=O)c2ccc(C(F)(F)F)cc2C(F)(F)F)(c2ccccc2)CC1. The van der Waals surface area contributed by atoms with Crippen molar-refractivity contribution in [2.24, 2.45) is 0 Å². The Morgan fingerprint density at radius 3 is 2.00 bits per heavy atom. The van der Waals surface area contributed by atoms with Crippen molar-refractivity contribution < 1.29 is 40.7 Å². The lowest BCUT2D eigenvalue weighted by Gasteiger charge is -2.42. The van der Waals surface area contributed by atoms with Gasteiger partial charge in [0.15, 0.2) is 5.78 Å². The number of hydrogen-bond donors (Lipinski definition) is 0. The van der Waals surface area contributed by atoms with E-state index in [4.69, 9.17) is 4.74 Å². The van der Waals surface area contributed by atoms with Crippen molar-refractivity contribution in [3.05, 3.63) is 70.8 Å². The second kappa shape index (κ2) is 10.4. The van der Waals surface area contributed by atoms with Crippen LogP contribution < -0.4 is 0 Å². The van der Waals surface area contributed by atoms with Gasteiger partial charge in [-0.05, 0) is 63.1 Å². The first-order valence-electron chi connectivity index (χ1n) is 11.9. The minimum atomic E-state index is -5.12. The van der Waals surface area contributed by atoms with Gasteiger partial charge in [0.1, 0.15) is 5.60 Å². The van der Waals surface area contributed by atoms with Crippen LogP contribution in [0.25, 0.3) is 0 Å². The number of benzene rings is 2. The number of likely N-dealkylation sites (tertiary alicyclic amines) is 1. The van der Waals surface area contributed by atoms with Crippen LogP contribution in [0, 0.1) is 0 Å². The van der Waals surface area contributed by atoms with E-state index in [1.807, 2.05) is 30.3 Å². The van der Waals surface area contributed by atoms with Gasteiger partial charge in [-0.15, -0.1) is 0 Å². The molecule has 3 rings (SSSR count). The number of halogens is 6. The molecule has 0 aromatic heterocycles. The number of ketones is 1. The lowest BCUT2D eigenvalue weighted by atomic mass is 9.69. The molecule has 0 unspecified atom stereocenters. The fourth-order valence-electron chi connectivity index (χ4n) is 4.60. The molecule has 10 heteroatoms. The molecule has 202 valence electrons. The number of alkyl halides is 6. The van der Waals surface area contributed by atoms with Gasteiger partial charge in [0, 0.05) is 25.1 Å². The molecule has 4 nitrogen and oxygen atoms in total. The minimum Gasteiger partial charge on any atom is -0.444 e. The zero-order chi connectivity index (χ0) is 27.6. The Morgan fingerprint density at radius 2 is 1.49 bits per heavy atom. The van der Waals surface area contributed by atoms with Crippen LogP contribution in [0.1, 0.15) is 73.5 Å². The standard InChI is InChI=1S/C27H29F6NO3/c1-24(2,3)37-23(36)34-15-13-25(14-16-34,18-7-5-4-6-8-18)12-11-22(35)20-10-9-19(26(28,29)30)17-21(20)27(31,32)33/h4-10,17H,11-16H2,1-3H3. The van der Waals surface area contributed by atoms with E-state index in [-0.39, 0.29) is 18.9 Å². The van der Waals surface area contributed by atoms with Crippen molar-refractivity contribution in [3.8, 4) is 0 Å². The predicted octanol–water partition coefficient (Wildman–Crippen LogP) is 7.66. The summed E-state index contributed by atoms with van der Waals surface area (Å²) in [6.07, 6.45) is -9.79. The van der Waals surface area contributed by atoms with Gasteiger partial charge in [-0.2, -0.15) is 26.3 Å². The molecule has 0 N–H and O–H groups in total. The number of Topliss-reactive ketones (excluding diaryl/α,β-unsaturated/α-hetero) is 1. The molecular weight excluding hydrogens is 500 g/mol. The molecule has 2 aromatic rings. The third kappa shape index (κ3) is 7.05. The molecule has 0 saturated carbocycles. The maximum Gasteiger partial charge on any atom is 0.417 e. The average Bonchev–Trinajstić information content (AvgIpc) is 2.81. The normalized spacial score (nSPS) is 16.4. The summed E-state index contributed by atoms with van der Waals surface area (Å²) < 4.78 is 85.2. The van der Waals surface area contributed by atoms with Gasteiger partial charge in [0.25, 0.3) is 0 Å². The largest absolute Gasteiger partial charge is 0.444 e. The number of ether oxygens (including phenoxy) is 1. The average molecular weight is 530 g/mol. The van der Waals surface area contributed by atoms with Gasteiger partial charge in [-0.25, -0.2) is 4.79 Å². The summed E-state index contributed by atoms with van der Waals surface area (Å²) >= 11 is 0. The smallest absolute Gasteiger partial charge is 0.417 e. The van der Waals surface area contributed by atoms with Crippen molar-refractivity contribution in [2.75, 3.05) is 13.1 Å². The van der Waals surface area contributed by atoms with Crippen LogP contribution in [-0.2, 0) is 22.5 Å². The molecule has 1 aliphatic rings. The van der Waals surface area contributed by atoms with E-state index in [0.29, 0.717) is 38.1 Å². The van der Waals surface area contributed by atoms with Crippen LogP contribution >= 0.6 is 0 Å². The lowest BCUT2D eigenvalue weighted by Crippen LogP contribution is -2.47. The predicted molar refractivity (Wildman–Crippen MR) is 125 cm³/mol. The second-order valence-electron chi connectivity index (χ2n) is 10.3. The van der Waals surface area contributed by atoms with Gasteiger partial charge < -0.3 is 9.64 Å². The van der Waals surface area contributed by atoms with Crippen LogP contribution in [0.5, 0.6) is 0 Å². The van der Waals surface area contributed by atoms with Crippen LogP contribution in [0.2, 0.25) is 0 Å². The van der Waals surface area contributed by atoms with Crippen LogP contribution in [-0.4, -0.2) is 35.5 Å². The molecule has 2 aromatic carbocycles. The van der Waals surface area contributed by atoms with Crippen LogP contribution in [0.3, 0.4) is 0 Å². The van der Waals surface area contributed by atoms with Crippen molar-refractivity contribution in [2.45, 2.75) is 69.8 Å². The van der Waals surface area contributed by atoms with Crippen molar-refractivity contribution in [3.63, 3.8) is 0 Å². The van der Waals surface area contributed by atoms with E-state index in [1.165, 1.54) is 0 Å². The van der Waals surface area contributed by atoms with E-state index >= 15 is 0 Å². The van der Waals surface area contributed by atoms with Gasteiger partial charge in [-0.3, -0.25) is 4.79 Å². The number of carbonyl (C=O) groups is 2. The van der Waals surface area contributed by atoms with E-state index in [2.05, 4.69) is 0 Å². The molecule has 0 spiro atoms. The molecule has 1 saturated heterocycles. The molecule has 37 heavy (non-hydrogen) atoms. The summed E-state index contributed by atoms with van der Waals surface area (Å²) in [6.45, 7) is 5.92. The summed E-state index contributed by atoms with van der Waals surface area (Å²) in [5.74, 6) is -0.883. The Bertz CT molecular complexity index is 1110. The first kappa shape index (κ1) is 28.5. The summed E-state index contributed by atoms with van der Waals surface area (Å²) in [5.41, 5.74) is -4.23. The quantitative estimate of drug-likeness (QED) is 0.295. The number of carbonyl (C=O) groups excluding carboxylic acids is 2. The highest BCUT2D eigenvalue weighted by atomic mass is 19.4. The first-order valence-corrected chi connectivity index (χ1v) is 11.9. The summed E-state index contributed by atoms with van der Waals surface area (Å²) in [5, 5.41) is 0. The Morgan fingerprint density at radius 1 is 0.892 bits per heavy atom. The van der Waals surface area contributed by atoms with Crippen LogP contribution in [0.4, 0.5) is 31.1 Å². The molecule has 1 heterocycles. The number of nitrogens with zero attached hydrogens (tertiary/aromatic N) is 1. The number of hydrogen-bond acceptors (Lipinski definition) is 3. The minimum absolute atomic E-state index is 0.0144. The molecule has 0 atom stereocenters. The summed E-state index contributed by atoms with van der Waals surface area (Å²) in [6, 6.07) is 10.3. The van der Waals surface area contributed by atoms with Crippen molar-refractivity contribution in [1.82, 2.24) is 4.90 Å². The molecule has 1 fully saturated rings. The fourth-order valence-corrected chi connectivity index (χ4v) is 4.60. The maximum absolute atomic E-state index is 13.6. The van der Waals surface area contributed by atoms with Gasteiger partial charge in [0.2, 0.25) is 0 Å². The Hall–Kier alpha value is -3.04. The van der Waals surface area contributed by atoms with Gasteiger partial charge in [-0.1, -0.05) is 36.4 Å². The number of rotatable bonds is 5. The molecule has 1 aliphatic heterocycles. The van der Waals surface area contributed by atoms with E-state index < -0.39 is 51.9 Å². The summed E-state index contributed by atoms with van der Waals surface area (Å²) in [4.78, 5) is 27.0. The molecule has 0 bridgehead atoms. The zero-order valence-electron chi connectivity index (χ0n) is 20.8. The van der Waals surface area contributed by atoms with Gasteiger partial charge >= 0.3 is 18.4 Å². The number of amides is 1. The molecule has 0 aliphatic carbocycles. The van der Waals surface area contributed by atoms with E-state index in [1.54, 1.807) is 25.7 Å². The van der Waals surface area contributed by atoms with Crippen molar-refractivity contribution >= 4 is 11.9 Å². The zero-order valence-corrected chi connectivity index (χ0v) is 20.8. The third-order valence-corrected chi connectivity index (χ3v) is 6.54. The molecule has 1 amide bonds. The fraction of sp³-hybridized carbons (Fsp3) is 0.481. The maximum atomic E-state index is 13.6. The van der Waals surface area contributed by atoms with E-state index in [0.717, 1.165) is 5.56 Å². The Balaban J connectivity index is 1.83. The third-order valence-electron chi connectivity index (χ3n) is 6.54.